The Balaban J connectivity index is 1.91. The van der Waals surface area contributed by atoms with E-state index in [0.717, 1.165) is 22.4 Å². The first kappa shape index (κ1) is 20.4. The van der Waals surface area contributed by atoms with Crippen molar-refractivity contribution in [3.63, 3.8) is 0 Å². The molecule has 2 atom stereocenters. The van der Waals surface area contributed by atoms with Crippen molar-refractivity contribution >= 4 is 5.97 Å². The second-order valence-corrected chi connectivity index (χ2v) is 6.46. The monoisotopic (exact) mass is 388 g/mol. The average Bonchev–Trinajstić information content (AvgIpc) is 2.80. The molecule has 0 N–H and O–H groups in total. The fourth-order valence-electron chi connectivity index (χ4n) is 3.03. The molecule has 0 saturated heterocycles. The van der Waals surface area contributed by atoms with Gasteiger partial charge in [-0.1, -0.05) is 79.4 Å². The molecule has 0 fully saturated rings. The number of ether oxygens (including phenoxy) is 3. The van der Waals surface area contributed by atoms with Crippen molar-refractivity contribution in [1.29, 1.82) is 0 Å². The van der Waals surface area contributed by atoms with Gasteiger partial charge in [0.05, 0.1) is 13.7 Å². The molecule has 3 aromatic carbocycles. The molecule has 4 nitrogen and oxygen atoms in total. The number of esters is 1. The number of hydrogen-bond acceptors (Lipinski definition) is 4. The number of carbonyl (C=O) groups is 1. The number of hydrogen-bond donors (Lipinski definition) is 0. The highest BCUT2D eigenvalue weighted by Gasteiger charge is 2.29. The van der Waals surface area contributed by atoms with Crippen LogP contribution < -0.4 is 4.74 Å². The Hall–Kier alpha value is -3.37. The Morgan fingerprint density at radius 2 is 1.41 bits per heavy atom. The van der Waals surface area contributed by atoms with Crippen LogP contribution in [0.25, 0.3) is 0 Å². The van der Waals surface area contributed by atoms with Gasteiger partial charge in [0.2, 0.25) is 0 Å². The minimum Gasteiger partial charge on any atom is -0.497 e. The second-order valence-electron chi connectivity index (χ2n) is 6.46. The summed E-state index contributed by atoms with van der Waals surface area (Å²) in [6.45, 7) is 3.88. The van der Waals surface area contributed by atoms with Crippen LogP contribution in [-0.4, -0.2) is 13.1 Å². The first-order valence-electron chi connectivity index (χ1n) is 9.38. The van der Waals surface area contributed by atoms with Gasteiger partial charge in [-0.3, -0.25) is 0 Å². The van der Waals surface area contributed by atoms with Gasteiger partial charge in [0, 0.05) is 6.08 Å². The lowest BCUT2D eigenvalue weighted by Gasteiger charge is -2.28. The third-order valence-electron chi connectivity index (χ3n) is 4.53. The topological polar surface area (TPSA) is 44.8 Å². The van der Waals surface area contributed by atoms with Crippen molar-refractivity contribution in [3.05, 3.63) is 114 Å². The number of methoxy groups -OCH3 is 1. The van der Waals surface area contributed by atoms with E-state index < -0.39 is 18.2 Å². The molecule has 0 aliphatic heterocycles. The van der Waals surface area contributed by atoms with Gasteiger partial charge in [0.1, 0.15) is 11.9 Å². The zero-order chi connectivity index (χ0) is 20.5. The number of rotatable bonds is 9. The number of carbonyl (C=O) groups excluding carboxylic acids is 1. The van der Waals surface area contributed by atoms with Crippen molar-refractivity contribution in [3.8, 4) is 5.75 Å². The van der Waals surface area contributed by atoms with Crippen LogP contribution in [0, 0.1) is 0 Å². The van der Waals surface area contributed by atoms with Crippen LogP contribution in [0.5, 0.6) is 5.75 Å². The molecule has 0 aliphatic carbocycles. The standard InChI is InChI=1S/C25H24O4/c1-3-23(26)29-25(21-12-8-5-9-13-21)24(20-10-6-4-7-11-20)28-18-19-14-16-22(27-2)17-15-19/h3-17,24-25H,1,18H2,2H3/t24-,25+/m0/s1. The summed E-state index contributed by atoms with van der Waals surface area (Å²) in [5.41, 5.74) is 2.77. The number of benzene rings is 3. The van der Waals surface area contributed by atoms with Gasteiger partial charge in [-0.25, -0.2) is 4.79 Å². The third kappa shape index (κ3) is 5.56. The smallest absolute Gasteiger partial charge is 0.330 e. The van der Waals surface area contributed by atoms with E-state index >= 15 is 0 Å². The summed E-state index contributed by atoms with van der Waals surface area (Å²) in [6, 6.07) is 27.0. The molecule has 0 heterocycles. The fraction of sp³-hybridized carbons (Fsp3) is 0.160. The van der Waals surface area contributed by atoms with E-state index in [2.05, 4.69) is 6.58 Å². The molecule has 0 aliphatic rings. The Morgan fingerprint density at radius 3 is 1.93 bits per heavy atom. The van der Waals surface area contributed by atoms with Crippen LogP contribution in [0.15, 0.2) is 97.6 Å². The molecule has 0 amide bonds. The summed E-state index contributed by atoms with van der Waals surface area (Å²) in [6.07, 6.45) is 0.0773. The Bertz CT molecular complexity index is 905. The molecule has 0 radical (unpaired) electrons. The molecular formula is C25H24O4. The van der Waals surface area contributed by atoms with Gasteiger partial charge >= 0.3 is 5.97 Å². The summed E-state index contributed by atoms with van der Waals surface area (Å²) < 4.78 is 17.2. The molecule has 3 aromatic rings. The molecule has 0 saturated carbocycles. The van der Waals surface area contributed by atoms with E-state index in [9.17, 15) is 4.79 Å². The summed E-state index contributed by atoms with van der Waals surface area (Å²) in [4.78, 5) is 12.1. The maximum absolute atomic E-state index is 12.1. The second kappa shape index (κ2) is 10.2. The SMILES string of the molecule is C=CC(=O)O[C@H](c1ccccc1)[C@@H](OCc1ccc(OC)cc1)c1ccccc1. The van der Waals surface area contributed by atoms with Crippen molar-refractivity contribution in [2.75, 3.05) is 7.11 Å². The molecule has 148 valence electrons. The molecule has 29 heavy (non-hydrogen) atoms. The molecule has 0 aromatic heterocycles. The molecule has 0 unspecified atom stereocenters. The van der Waals surface area contributed by atoms with Crippen LogP contribution in [0.4, 0.5) is 0 Å². The van der Waals surface area contributed by atoms with Gasteiger partial charge in [-0.05, 0) is 28.8 Å². The highest BCUT2D eigenvalue weighted by atomic mass is 16.6. The minimum atomic E-state index is -0.609. The average molecular weight is 388 g/mol. The van der Waals surface area contributed by atoms with Gasteiger partial charge in [0.15, 0.2) is 6.10 Å². The largest absolute Gasteiger partial charge is 0.497 e. The molecule has 0 bridgehead atoms. The lowest BCUT2D eigenvalue weighted by Crippen LogP contribution is -2.20. The van der Waals surface area contributed by atoms with E-state index in [-0.39, 0.29) is 0 Å². The predicted octanol–water partition coefficient (Wildman–Crippen LogP) is 5.42. The van der Waals surface area contributed by atoms with Crippen LogP contribution in [0.1, 0.15) is 28.9 Å². The van der Waals surface area contributed by atoms with Crippen molar-refractivity contribution in [1.82, 2.24) is 0 Å². The van der Waals surface area contributed by atoms with E-state index in [4.69, 9.17) is 14.2 Å². The molecule has 4 heteroatoms. The van der Waals surface area contributed by atoms with Crippen molar-refractivity contribution in [2.24, 2.45) is 0 Å². The summed E-state index contributed by atoms with van der Waals surface area (Å²) in [5, 5.41) is 0. The first-order valence-corrected chi connectivity index (χ1v) is 9.38. The van der Waals surface area contributed by atoms with Crippen LogP contribution in [0.3, 0.4) is 0 Å². The van der Waals surface area contributed by atoms with Crippen LogP contribution >= 0.6 is 0 Å². The lowest BCUT2D eigenvalue weighted by molar-refractivity contribution is -0.154. The zero-order valence-electron chi connectivity index (χ0n) is 16.4. The fourth-order valence-corrected chi connectivity index (χ4v) is 3.03. The zero-order valence-corrected chi connectivity index (χ0v) is 16.4. The van der Waals surface area contributed by atoms with Crippen molar-refractivity contribution < 1.29 is 19.0 Å². The molecule has 3 rings (SSSR count). The van der Waals surface area contributed by atoms with Gasteiger partial charge < -0.3 is 14.2 Å². The molecule has 0 spiro atoms. The Kier molecular flexibility index (Phi) is 7.20. The van der Waals surface area contributed by atoms with E-state index in [1.54, 1.807) is 7.11 Å². The van der Waals surface area contributed by atoms with Gasteiger partial charge in [0.25, 0.3) is 0 Å². The van der Waals surface area contributed by atoms with Crippen molar-refractivity contribution in [2.45, 2.75) is 18.8 Å². The maximum atomic E-state index is 12.1. The highest BCUT2D eigenvalue weighted by Crippen LogP contribution is 2.36. The predicted molar refractivity (Wildman–Crippen MR) is 112 cm³/mol. The Morgan fingerprint density at radius 1 is 0.862 bits per heavy atom. The van der Waals surface area contributed by atoms with Gasteiger partial charge in [-0.2, -0.15) is 0 Å². The third-order valence-corrected chi connectivity index (χ3v) is 4.53. The summed E-state index contributed by atoms with van der Waals surface area (Å²) in [7, 11) is 1.63. The minimum absolute atomic E-state index is 0.360. The first-order chi connectivity index (χ1) is 14.2. The van der Waals surface area contributed by atoms with E-state index in [1.165, 1.54) is 6.08 Å². The quantitative estimate of drug-likeness (QED) is 0.362. The maximum Gasteiger partial charge on any atom is 0.330 e. The summed E-state index contributed by atoms with van der Waals surface area (Å²) in [5.74, 6) is 0.295. The summed E-state index contributed by atoms with van der Waals surface area (Å²) >= 11 is 0. The van der Waals surface area contributed by atoms with E-state index in [0.29, 0.717) is 6.61 Å². The van der Waals surface area contributed by atoms with Gasteiger partial charge in [-0.15, -0.1) is 0 Å². The lowest BCUT2D eigenvalue weighted by atomic mass is 9.97. The van der Waals surface area contributed by atoms with Crippen LogP contribution in [0.2, 0.25) is 0 Å². The normalized spacial score (nSPS) is 12.6. The highest BCUT2D eigenvalue weighted by molar-refractivity contribution is 5.81. The van der Waals surface area contributed by atoms with E-state index in [1.807, 2.05) is 84.9 Å². The van der Waals surface area contributed by atoms with Crippen LogP contribution in [-0.2, 0) is 20.9 Å². The Labute approximate surface area is 171 Å². The molecular weight excluding hydrogens is 364 g/mol.